The number of carbonyl (C=O) groups is 3. The summed E-state index contributed by atoms with van der Waals surface area (Å²) in [7, 11) is 3.38. The molecule has 32 heavy (non-hydrogen) atoms. The van der Waals surface area contributed by atoms with Crippen LogP contribution in [0.25, 0.3) is 0 Å². The molecule has 0 radical (unpaired) electrons. The highest BCUT2D eigenvalue weighted by atomic mass is 16.2. The molecule has 1 aromatic rings. The number of nitrogens with one attached hydrogen (secondary N) is 3. The number of rotatable bonds is 12. The fourth-order valence-electron chi connectivity index (χ4n) is 3.89. The van der Waals surface area contributed by atoms with E-state index in [1.54, 1.807) is 14.1 Å². The Morgan fingerprint density at radius 2 is 1.41 bits per heavy atom. The minimum Gasteiger partial charge on any atom is -0.354 e. The number of nitrogens with zero attached hydrogens (tertiary/aromatic N) is 1. The van der Waals surface area contributed by atoms with Gasteiger partial charge in [0.15, 0.2) is 0 Å². The van der Waals surface area contributed by atoms with Gasteiger partial charge in [0.2, 0.25) is 17.7 Å². The van der Waals surface area contributed by atoms with Crippen molar-refractivity contribution in [3.05, 3.63) is 35.9 Å². The van der Waals surface area contributed by atoms with Crippen molar-refractivity contribution < 1.29 is 14.4 Å². The number of amides is 3. The molecule has 0 fully saturated rings. The highest BCUT2D eigenvalue weighted by Crippen LogP contribution is 2.15. The normalized spacial score (nSPS) is 14.2. The van der Waals surface area contributed by atoms with Crippen LogP contribution in [0.2, 0.25) is 0 Å². The molecule has 1 aromatic carbocycles. The smallest absolute Gasteiger partial charge is 0.245 e. The lowest BCUT2D eigenvalue weighted by Gasteiger charge is -2.35. The van der Waals surface area contributed by atoms with Crippen molar-refractivity contribution in [2.45, 2.75) is 66.1 Å². The molecule has 1 rings (SSSR count). The Balaban J connectivity index is 2.88. The molecular formula is C25H42N4O3. The third-order valence-electron chi connectivity index (χ3n) is 5.71. The SMILES string of the molecule is CN[C@@H](C(=O)N[C@@H](C(=O)N(C)[C@@H](C(=O)NCCc1ccccc1)C(C)C)C(C)C)C(C)C. The average molecular weight is 447 g/mol. The van der Waals surface area contributed by atoms with Gasteiger partial charge in [0.25, 0.3) is 0 Å². The van der Waals surface area contributed by atoms with Crippen LogP contribution in [0.3, 0.4) is 0 Å². The van der Waals surface area contributed by atoms with Gasteiger partial charge in [0, 0.05) is 13.6 Å². The van der Waals surface area contributed by atoms with Crippen molar-refractivity contribution >= 4 is 17.7 Å². The first kappa shape index (κ1) is 27.6. The Labute approximate surface area is 193 Å². The Morgan fingerprint density at radius 1 is 0.844 bits per heavy atom. The van der Waals surface area contributed by atoms with Crippen LogP contribution >= 0.6 is 0 Å². The monoisotopic (exact) mass is 446 g/mol. The van der Waals surface area contributed by atoms with Crippen molar-refractivity contribution in [3.63, 3.8) is 0 Å². The molecular weight excluding hydrogens is 404 g/mol. The fourth-order valence-corrected chi connectivity index (χ4v) is 3.89. The summed E-state index contributed by atoms with van der Waals surface area (Å²) in [5.41, 5.74) is 1.14. The van der Waals surface area contributed by atoms with Gasteiger partial charge in [-0.3, -0.25) is 14.4 Å². The summed E-state index contributed by atoms with van der Waals surface area (Å²) in [5.74, 6) is -0.770. The maximum atomic E-state index is 13.4. The lowest BCUT2D eigenvalue weighted by molar-refractivity contribution is -0.144. The first-order valence-corrected chi connectivity index (χ1v) is 11.6. The third-order valence-corrected chi connectivity index (χ3v) is 5.71. The predicted molar refractivity (Wildman–Crippen MR) is 129 cm³/mol. The van der Waals surface area contributed by atoms with E-state index >= 15 is 0 Å². The molecule has 7 nitrogen and oxygen atoms in total. The number of benzene rings is 1. The van der Waals surface area contributed by atoms with E-state index in [0.717, 1.165) is 12.0 Å². The lowest BCUT2D eigenvalue weighted by atomic mass is 9.96. The van der Waals surface area contributed by atoms with E-state index in [2.05, 4.69) is 16.0 Å². The van der Waals surface area contributed by atoms with E-state index in [0.29, 0.717) is 6.54 Å². The van der Waals surface area contributed by atoms with Crippen LogP contribution in [0.15, 0.2) is 30.3 Å². The van der Waals surface area contributed by atoms with Crippen LogP contribution in [0, 0.1) is 17.8 Å². The minimum absolute atomic E-state index is 0.0788. The summed E-state index contributed by atoms with van der Waals surface area (Å²) in [4.78, 5) is 40.6. The summed E-state index contributed by atoms with van der Waals surface area (Å²) >= 11 is 0. The summed E-state index contributed by atoms with van der Waals surface area (Å²) in [6, 6.07) is 8.22. The van der Waals surface area contributed by atoms with Crippen LogP contribution in [-0.4, -0.2) is 61.4 Å². The van der Waals surface area contributed by atoms with Crippen LogP contribution in [-0.2, 0) is 20.8 Å². The van der Waals surface area contributed by atoms with Gasteiger partial charge in [-0.15, -0.1) is 0 Å². The number of hydrogen-bond acceptors (Lipinski definition) is 4. The standard InChI is InChI=1S/C25H42N4O3/c1-16(2)20(26-7)23(30)28-21(17(3)4)25(32)29(8)22(18(5)6)24(31)27-15-14-19-12-10-9-11-13-19/h9-13,16-18,20-22,26H,14-15H2,1-8H3,(H,27,31)(H,28,30)/t20-,21-,22-/m1/s1. The first-order valence-electron chi connectivity index (χ1n) is 11.6. The predicted octanol–water partition coefficient (Wildman–Crippen LogP) is 2.21. The molecule has 0 aliphatic rings. The first-order chi connectivity index (χ1) is 15.0. The van der Waals surface area contributed by atoms with Crippen molar-refractivity contribution in [1.82, 2.24) is 20.9 Å². The lowest BCUT2D eigenvalue weighted by Crippen LogP contribution is -2.59. The Morgan fingerprint density at radius 3 is 1.88 bits per heavy atom. The van der Waals surface area contributed by atoms with Crippen LogP contribution in [0.5, 0.6) is 0 Å². The number of carbonyl (C=O) groups excluding carboxylic acids is 3. The molecule has 0 unspecified atom stereocenters. The number of likely N-dealkylation sites (N-methyl/N-ethyl adjacent to an activating group) is 2. The molecule has 0 aromatic heterocycles. The van der Waals surface area contributed by atoms with Gasteiger partial charge in [-0.05, 0) is 36.8 Å². The van der Waals surface area contributed by atoms with Crippen LogP contribution < -0.4 is 16.0 Å². The largest absolute Gasteiger partial charge is 0.354 e. The zero-order valence-corrected chi connectivity index (χ0v) is 20.9. The van der Waals surface area contributed by atoms with Gasteiger partial charge in [-0.2, -0.15) is 0 Å². The van der Waals surface area contributed by atoms with Crippen molar-refractivity contribution in [2.24, 2.45) is 17.8 Å². The second kappa shape index (κ2) is 13.2. The van der Waals surface area contributed by atoms with Gasteiger partial charge in [0.05, 0.1) is 6.04 Å². The second-order valence-electron chi connectivity index (χ2n) is 9.41. The molecule has 0 saturated carbocycles. The topological polar surface area (TPSA) is 90.5 Å². The van der Waals surface area contributed by atoms with E-state index in [1.807, 2.05) is 71.9 Å². The molecule has 0 aliphatic heterocycles. The van der Waals surface area contributed by atoms with Gasteiger partial charge >= 0.3 is 0 Å². The minimum atomic E-state index is -0.708. The highest BCUT2D eigenvalue weighted by Gasteiger charge is 2.36. The molecule has 7 heteroatoms. The van der Waals surface area contributed by atoms with Crippen LogP contribution in [0.1, 0.15) is 47.1 Å². The second-order valence-corrected chi connectivity index (χ2v) is 9.41. The van der Waals surface area contributed by atoms with E-state index in [9.17, 15) is 14.4 Å². The quantitative estimate of drug-likeness (QED) is 0.459. The van der Waals surface area contributed by atoms with E-state index in [1.165, 1.54) is 4.90 Å². The molecule has 3 N–H and O–H groups in total. The van der Waals surface area contributed by atoms with E-state index < -0.39 is 18.1 Å². The summed E-state index contributed by atoms with van der Waals surface area (Å²) in [6.45, 7) is 12.0. The van der Waals surface area contributed by atoms with E-state index in [-0.39, 0.29) is 35.5 Å². The van der Waals surface area contributed by atoms with Gasteiger partial charge < -0.3 is 20.9 Å². The number of hydrogen-bond donors (Lipinski definition) is 3. The van der Waals surface area contributed by atoms with Crippen molar-refractivity contribution in [3.8, 4) is 0 Å². The highest BCUT2D eigenvalue weighted by molar-refractivity contribution is 5.93. The van der Waals surface area contributed by atoms with E-state index in [4.69, 9.17) is 0 Å². The fraction of sp³-hybridized carbons (Fsp3) is 0.640. The zero-order chi connectivity index (χ0) is 24.4. The average Bonchev–Trinajstić information content (AvgIpc) is 2.72. The van der Waals surface area contributed by atoms with Gasteiger partial charge in [-0.1, -0.05) is 71.9 Å². The molecule has 0 saturated heterocycles. The van der Waals surface area contributed by atoms with Gasteiger partial charge in [0.1, 0.15) is 12.1 Å². The zero-order valence-electron chi connectivity index (χ0n) is 20.9. The maximum Gasteiger partial charge on any atom is 0.245 e. The summed E-state index contributed by atoms with van der Waals surface area (Å²) in [5, 5.41) is 8.88. The Bertz CT molecular complexity index is 734. The van der Waals surface area contributed by atoms with Crippen LogP contribution in [0.4, 0.5) is 0 Å². The summed E-state index contributed by atoms with van der Waals surface area (Å²) in [6.07, 6.45) is 0.723. The summed E-state index contributed by atoms with van der Waals surface area (Å²) < 4.78 is 0. The molecule has 0 bridgehead atoms. The van der Waals surface area contributed by atoms with Crippen molar-refractivity contribution in [2.75, 3.05) is 20.6 Å². The molecule has 3 atom stereocenters. The molecule has 3 amide bonds. The third kappa shape index (κ3) is 7.93. The van der Waals surface area contributed by atoms with Crippen molar-refractivity contribution in [1.29, 1.82) is 0 Å². The Kier molecular flexibility index (Phi) is 11.4. The Hall–Kier alpha value is -2.41. The molecule has 0 heterocycles. The molecule has 180 valence electrons. The molecule has 0 aliphatic carbocycles. The molecule has 0 spiro atoms. The van der Waals surface area contributed by atoms with Gasteiger partial charge in [-0.25, -0.2) is 0 Å². The maximum absolute atomic E-state index is 13.4.